The van der Waals surface area contributed by atoms with E-state index in [2.05, 4.69) is 73.5 Å². The summed E-state index contributed by atoms with van der Waals surface area (Å²) in [6, 6.07) is 11.3. The standard InChI is InChI=1S/C21H26N4/c1-13-5-6-16(11-14(13)2)23-20-10-8-17-18-12-15(22-3)7-9-19(18)25(4)21(17)24-20/h5-6,8,10-11,15,22H,7,9,12H2,1-4H3,(H,23,24). The molecule has 130 valence electrons. The molecule has 0 saturated carbocycles. The van der Waals surface area contributed by atoms with Crippen LogP contribution in [-0.4, -0.2) is 22.6 Å². The summed E-state index contributed by atoms with van der Waals surface area (Å²) in [7, 11) is 4.21. The van der Waals surface area contributed by atoms with E-state index in [1.165, 1.54) is 34.2 Å². The molecule has 4 rings (SSSR count). The van der Waals surface area contributed by atoms with Crippen LogP contribution in [0.25, 0.3) is 11.0 Å². The lowest BCUT2D eigenvalue weighted by Gasteiger charge is -2.22. The van der Waals surface area contributed by atoms with E-state index in [1.807, 2.05) is 0 Å². The van der Waals surface area contributed by atoms with E-state index in [1.54, 1.807) is 0 Å². The molecule has 3 aromatic rings. The van der Waals surface area contributed by atoms with Crippen molar-refractivity contribution < 1.29 is 0 Å². The van der Waals surface area contributed by atoms with E-state index < -0.39 is 0 Å². The highest BCUT2D eigenvalue weighted by molar-refractivity contribution is 5.84. The molecule has 1 aromatic carbocycles. The van der Waals surface area contributed by atoms with Crippen LogP contribution < -0.4 is 10.6 Å². The Kier molecular flexibility index (Phi) is 4.00. The summed E-state index contributed by atoms with van der Waals surface area (Å²) < 4.78 is 2.28. The van der Waals surface area contributed by atoms with Gasteiger partial charge in [-0.15, -0.1) is 0 Å². The molecular weight excluding hydrogens is 308 g/mol. The van der Waals surface area contributed by atoms with Gasteiger partial charge in [0.15, 0.2) is 0 Å². The predicted octanol–water partition coefficient (Wildman–Crippen LogP) is 4.01. The minimum absolute atomic E-state index is 0.575. The molecule has 0 saturated heterocycles. The molecule has 2 aromatic heterocycles. The summed E-state index contributed by atoms with van der Waals surface area (Å²) in [5, 5.41) is 8.18. The Morgan fingerprint density at radius 1 is 1.12 bits per heavy atom. The van der Waals surface area contributed by atoms with Crippen LogP contribution >= 0.6 is 0 Å². The second kappa shape index (κ2) is 6.19. The number of anilines is 2. The molecule has 1 unspecified atom stereocenters. The van der Waals surface area contributed by atoms with E-state index in [0.29, 0.717) is 6.04 Å². The molecule has 0 bridgehead atoms. The van der Waals surface area contributed by atoms with E-state index >= 15 is 0 Å². The number of hydrogen-bond donors (Lipinski definition) is 2. The van der Waals surface area contributed by atoms with Crippen LogP contribution in [-0.2, 0) is 19.9 Å². The van der Waals surface area contributed by atoms with Crippen molar-refractivity contribution in [2.24, 2.45) is 7.05 Å². The monoisotopic (exact) mass is 334 g/mol. The fourth-order valence-electron chi connectivity index (χ4n) is 3.91. The number of aryl methyl sites for hydroxylation is 3. The number of pyridine rings is 1. The van der Waals surface area contributed by atoms with Gasteiger partial charge in [0.1, 0.15) is 11.5 Å². The Hall–Kier alpha value is -2.33. The van der Waals surface area contributed by atoms with Crippen molar-refractivity contribution in [2.75, 3.05) is 12.4 Å². The molecule has 1 aliphatic rings. The number of likely N-dealkylation sites (N-methyl/N-ethyl adjacent to an activating group) is 1. The molecular formula is C21H26N4. The van der Waals surface area contributed by atoms with Gasteiger partial charge in [0, 0.05) is 29.9 Å². The molecule has 2 N–H and O–H groups in total. The lowest BCUT2D eigenvalue weighted by Crippen LogP contribution is -2.31. The molecule has 2 heterocycles. The molecule has 0 spiro atoms. The van der Waals surface area contributed by atoms with E-state index in [9.17, 15) is 0 Å². The van der Waals surface area contributed by atoms with Gasteiger partial charge in [-0.3, -0.25) is 0 Å². The topological polar surface area (TPSA) is 41.9 Å². The zero-order chi connectivity index (χ0) is 17.6. The van der Waals surface area contributed by atoms with Gasteiger partial charge in [-0.1, -0.05) is 6.07 Å². The second-order valence-corrected chi connectivity index (χ2v) is 7.20. The summed E-state index contributed by atoms with van der Waals surface area (Å²) in [5.74, 6) is 0.902. The SMILES string of the molecule is CNC1CCc2c(c3ccc(Nc4ccc(C)c(C)c4)nc3n2C)C1. The molecule has 0 radical (unpaired) electrons. The average molecular weight is 334 g/mol. The molecule has 4 heteroatoms. The number of fused-ring (bicyclic) bond motifs is 3. The first-order valence-electron chi connectivity index (χ1n) is 9.05. The van der Waals surface area contributed by atoms with Crippen LogP contribution in [0.4, 0.5) is 11.5 Å². The number of nitrogens with zero attached hydrogens (tertiary/aromatic N) is 2. The Labute approximate surface area is 149 Å². The number of rotatable bonds is 3. The molecule has 0 amide bonds. The highest BCUT2D eigenvalue weighted by Crippen LogP contribution is 2.32. The van der Waals surface area contributed by atoms with Crippen LogP contribution in [0.1, 0.15) is 28.8 Å². The van der Waals surface area contributed by atoms with Gasteiger partial charge < -0.3 is 15.2 Å². The fraction of sp³-hybridized carbons (Fsp3) is 0.381. The first-order chi connectivity index (χ1) is 12.1. The van der Waals surface area contributed by atoms with Gasteiger partial charge in [0.25, 0.3) is 0 Å². The highest BCUT2D eigenvalue weighted by Gasteiger charge is 2.24. The number of benzene rings is 1. The van der Waals surface area contributed by atoms with Crippen molar-refractivity contribution in [3.05, 3.63) is 52.7 Å². The van der Waals surface area contributed by atoms with Crippen molar-refractivity contribution >= 4 is 22.5 Å². The van der Waals surface area contributed by atoms with Crippen molar-refractivity contribution in [3.8, 4) is 0 Å². The predicted molar refractivity (Wildman–Crippen MR) is 105 cm³/mol. The van der Waals surface area contributed by atoms with Crippen LogP contribution in [0.3, 0.4) is 0 Å². The maximum Gasteiger partial charge on any atom is 0.142 e. The van der Waals surface area contributed by atoms with Gasteiger partial charge in [-0.2, -0.15) is 0 Å². The van der Waals surface area contributed by atoms with Gasteiger partial charge in [0.2, 0.25) is 0 Å². The van der Waals surface area contributed by atoms with Gasteiger partial charge in [-0.25, -0.2) is 4.98 Å². The zero-order valence-electron chi connectivity index (χ0n) is 15.5. The summed E-state index contributed by atoms with van der Waals surface area (Å²) >= 11 is 0. The van der Waals surface area contributed by atoms with Gasteiger partial charge in [0.05, 0.1) is 0 Å². The number of nitrogens with one attached hydrogen (secondary N) is 2. The molecule has 1 aliphatic carbocycles. The smallest absolute Gasteiger partial charge is 0.142 e. The summed E-state index contributed by atoms with van der Waals surface area (Å²) in [6.45, 7) is 4.27. The minimum atomic E-state index is 0.575. The number of hydrogen-bond acceptors (Lipinski definition) is 3. The fourth-order valence-corrected chi connectivity index (χ4v) is 3.91. The zero-order valence-corrected chi connectivity index (χ0v) is 15.5. The lowest BCUT2D eigenvalue weighted by atomic mass is 9.92. The van der Waals surface area contributed by atoms with E-state index in [-0.39, 0.29) is 0 Å². The molecule has 1 atom stereocenters. The second-order valence-electron chi connectivity index (χ2n) is 7.20. The maximum atomic E-state index is 4.91. The Morgan fingerprint density at radius 3 is 2.72 bits per heavy atom. The first kappa shape index (κ1) is 16.2. The summed E-state index contributed by atoms with van der Waals surface area (Å²) in [6.07, 6.45) is 3.41. The highest BCUT2D eigenvalue weighted by atomic mass is 15.1. The van der Waals surface area contributed by atoms with Gasteiger partial charge >= 0.3 is 0 Å². The van der Waals surface area contributed by atoms with Crippen LogP contribution in [0.15, 0.2) is 30.3 Å². The van der Waals surface area contributed by atoms with E-state index in [4.69, 9.17) is 4.98 Å². The molecule has 4 nitrogen and oxygen atoms in total. The minimum Gasteiger partial charge on any atom is -0.340 e. The largest absolute Gasteiger partial charge is 0.340 e. The van der Waals surface area contributed by atoms with Crippen LogP contribution in [0.2, 0.25) is 0 Å². The van der Waals surface area contributed by atoms with E-state index in [0.717, 1.165) is 30.0 Å². The quantitative estimate of drug-likeness (QED) is 0.760. The lowest BCUT2D eigenvalue weighted by molar-refractivity contribution is 0.488. The van der Waals surface area contributed by atoms with Crippen molar-refractivity contribution in [1.29, 1.82) is 0 Å². The Morgan fingerprint density at radius 2 is 1.96 bits per heavy atom. The summed E-state index contributed by atoms with van der Waals surface area (Å²) in [5.41, 5.74) is 7.67. The first-order valence-corrected chi connectivity index (χ1v) is 9.05. The Balaban J connectivity index is 1.71. The van der Waals surface area contributed by atoms with Crippen molar-refractivity contribution in [2.45, 2.75) is 39.2 Å². The van der Waals surface area contributed by atoms with Gasteiger partial charge in [-0.05, 0) is 81.1 Å². The van der Waals surface area contributed by atoms with Crippen LogP contribution in [0, 0.1) is 13.8 Å². The Bertz CT molecular complexity index is 939. The van der Waals surface area contributed by atoms with Crippen LogP contribution in [0.5, 0.6) is 0 Å². The average Bonchev–Trinajstić information content (AvgIpc) is 2.90. The molecule has 0 aliphatic heterocycles. The normalized spacial score (nSPS) is 16.9. The maximum absolute atomic E-state index is 4.91. The van der Waals surface area contributed by atoms with Crippen molar-refractivity contribution in [1.82, 2.24) is 14.9 Å². The summed E-state index contributed by atoms with van der Waals surface area (Å²) in [4.78, 5) is 4.91. The third-order valence-corrected chi connectivity index (χ3v) is 5.64. The third kappa shape index (κ3) is 2.81. The molecule has 0 fully saturated rings. The van der Waals surface area contributed by atoms with Crippen molar-refractivity contribution in [3.63, 3.8) is 0 Å². The third-order valence-electron chi connectivity index (χ3n) is 5.64. The number of aromatic nitrogens is 2. The molecule has 25 heavy (non-hydrogen) atoms.